The fourth-order valence-corrected chi connectivity index (χ4v) is 3.43. The first kappa shape index (κ1) is 17.9. The van der Waals surface area contributed by atoms with Gasteiger partial charge in [-0.3, -0.25) is 9.78 Å². The minimum atomic E-state index is -0.0650. The molecule has 0 fully saturated rings. The van der Waals surface area contributed by atoms with E-state index < -0.39 is 0 Å². The average Bonchev–Trinajstić information content (AvgIpc) is 3.19. The van der Waals surface area contributed by atoms with Crippen molar-refractivity contribution in [3.63, 3.8) is 0 Å². The molecule has 0 amide bonds. The number of hydrogen-bond donors (Lipinski definition) is 1. The zero-order chi connectivity index (χ0) is 19.3. The maximum Gasteiger partial charge on any atom is 0.187 e. The summed E-state index contributed by atoms with van der Waals surface area (Å²) in [7, 11) is 0. The third-order valence-electron chi connectivity index (χ3n) is 4.04. The Morgan fingerprint density at radius 1 is 1.07 bits per heavy atom. The lowest BCUT2D eigenvalue weighted by atomic mass is 10.1. The van der Waals surface area contributed by atoms with Crippen LogP contribution in [0.4, 0.5) is 10.8 Å². The Balaban J connectivity index is 1.56. The fraction of sp³-hybridized carbons (Fsp3) is 0.0455. The molecule has 1 N–H and O–H groups in total. The second-order valence-electron chi connectivity index (χ2n) is 6.09. The molecule has 0 radical (unpaired) electrons. The number of carbonyl (C=O) groups excluding carboxylic acids is 1. The number of Topliss-reactive ketones (excluding diaryl/α,β-unsaturated/α-hetero) is 1. The number of pyridine rings is 1. The Bertz CT molecular complexity index is 1100. The molecule has 0 aliphatic rings. The Labute approximate surface area is 166 Å². The maximum atomic E-state index is 12.1. The SMILES string of the molecule is CC(=O)c1cc(Nc2nc(-c3cccnc3)cs2)ccc1Oc1ccccc1. The first-order valence-electron chi connectivity index (χ1n) is 8.70. The van der Waals surface area contributed by atoms with Gasteiger partial charge < -0.3 is 10.1 Å². The van der Waals surface area contributed by atoms with Crippen molar-refractivity contribution in [2.24, 2.45) is 0 Å². The molecule has 4 aromatic rings. The lowest BCUT2D eigenvalue weighted by molar-refractivity contribution is 0.101. The molecule has 6 heteroatoms. The van der Waals surface area contributed by atoms with Crippen LogP contribution < -0.4 is 10.1 Å². The third kappa shape index (κ3) is 4.07. The van der Waals surface area contributed by atoms with Crippen LogP contribution in [0.5, 0.6) is 11.5 Å². The molecular weight excluding hydrogens is 370 g/mol. The number of ketones is 1. The van der Waals surface area contributed by atoms with Crippen molar-refractivity contribution in [3.05, 3.63) is 84.0 Å². The average molecular weight is 387 g/mol. The molecule has 4 rings (SSSR count). The summed E-state index contributed by atoms with van der Waals surface area (Å²) < 4.78 is 5.87. The zero-order valence-corrected chi connectivity index (χ0v) is 15.9. The minimum absolute atomic E-state index is 0.0650. The van der Waals surface area contributed by atoms with Crippen LogP contribution in [-0.2, 0) is 0 Å². The lowest BCUT2D eigenvalue weighted by Gasteiger charge is -2.11. The van der Waals surface area contributed by atoms with E-state index in [-0.39, 0.29) is 5.78 Å². The molecule has 0 atom stereocenters. The number of hydrogen-bond acceptors (Lipinski definition) is 6. The van der Waals surface area contributed by atoms with E-state index >= 15 is 0 Å². The van der Waals surface area contributed by atoms with Crippen molar-refractivity contribution >= 4 is 27.9 Å². The summed E-state index contributed by atoms with van der Waals surface area (Å²) in [5.41, 5.74) is 3.11. The van der Waals surface area contributed by atoms with Gasteiger partial charge in [0.15, 0.2) is 10.9 Å². The van der Waals surface area contributed by atoms with Crippen molar-refractivity contribution in [2.75, 3.05) is 5.32 Å². The van der Waals surface area contributed by atoms with Gasteiger partial charge in [0.25, 0.3) is 0 Å². The molecule has 0 unspecified atom stereocenters. The van der Waals surface area contributed by atoms with Gasteiger partial charge in [-0.2, -0.15) is 0 Å². The van der Waals surface area contributed by atoms with Gasteiger partial charge in [-0.25, -0.2) is 4.98 Å². The largest absolute Gasteiger partial charge is 0.457 e. The van der Waals surface area contributed by atoms with E-state index in [1.54, 1.807) is 24.5 Å². The van der Waals surface area contributed by atoms with E-state index in [9.17, 15) is 4.79 Å². The van der Waals surface area contributed by atoms with Crippen LogP contribution in [0, 0.1) is 0 Å². The quantitative estimate of drug-likeness (QED) is 0.415. The number of nitrogens with zero attached hydrogens (tertiary/aromatic N) is 2. The monoisotopic (exact) mass is 387 g/mol. The summed E-state index contributed by atoms with van der Waals surface area (Å²) >= 11 is 1.49. The molecule has 0 bridgehead atoms. The van der Waals surface area contributed by atoms with E-state index in [1.807, 2.05) is 53.9 Å². The summed E-state index contributed by atoms with van der Waals surface area (Å²) in [4.78, 5) is 20.8. The van der Waals surface area contributed by atoms with E-state index in [4.69, 9.17) is 4.74 Å². The number of carbonyl (C=O) groups is 1. The second kappa shape index (κ2) is 8.02. The summed E-state index contributed by atoms with van der Waals surface area (Å²) in [6.45, 7) is 1.53. The Hall–Kier alpha value is -3.51. The second-order valence-corrected chi connectivity index (χ2v) is 6.94. The van der Waals surface area contributed by atoms with Crippen molar-refractivity contribution in [1.82, 2.24) is 9.97 Å². The van der Waals surface area contributed by atoms with Crippen LogP contribution in [-0.4, -0.2) is 15.8 Å². The first-order valence-corrected chi connectivity index (χ1v) is 9.58. The molecule has 0 saturated carbocycles. The molecule has 0 spiro atoms. The van der Waals surface area contributed by atoms with Gasteiger partial charge in [-0.1, -0.05) is 18.2 Å². The third-order valence-corrected chi connectivity index (χ3v) is 4.80. The molecule has 0 aliphatic heterocycles. The highest BCUT2D eigenvalue weighted by atomic mass is 32.1. The molecule has 28 heavy (non-hydrogen) atoms. The standard InChI is InChI=1S/C22H17N3O2S/c1-15(26)19-12-17(9-10-21(19)27-18-7-3-2-4-8-18)24-22-25-20(14-28-22)16-6-5-11-23-13-16/h2-14H,1H3,(H,24,25). The van der Waals surface area contributed by atoms with Crippen LogP contribution in [0.2, 0.25) is 0 Å². The van der Waals surface area contributed by atoms with Crippen LogP contribution >= 0.6 is 11.3 Å². The summed E-state index contributed by atoms with van der Waals surface area (Å²) in [5.74, 6) is 1.15. The number of thiazole rings is 1. The Kier molecular flexibility index (Phi) is 5.12. The van der Waals surface area contributed by atoms with Gasteiger partial charge in [0.1, 0.15) is 11.5 Å². The summed E-state index contributed by atoms with van der Waals surface area (Å²) in [5, 5.41) is 5.97. The van der Waals surface area contributed by atoms with Crippen molar-refractivity contribution in [1.29, 1.82) is 0 Å². The normalized spacial score (nSPS) is 10.5. The van der Waals surface area contributed by atoms with Gasteiger partial charge in [0.05, 0.1) is 11.3 Å². The Morgan fingerprint density at radius 2 is 1.93 bits per heavy atom. The fourth-order valence-electron chi connectivity index (χ4n) is 2.69. The van der Waals surface area contributed by atoms with Crippen LogP contribution in [0.15, 0.2) is 78.4 Å². The maximum absolute atomic E-state index is 12.1. The van der Waals surface area contributed by atoms with E-state index in [0.717, 1.165) is 22.1 Å². The van der Waals surface area contributed by atoms with Crippen molar-refractivity contribution in [2.45, 2.75) is 6.92 Å². The molecule has 2 heterocycles. The van der Waals surface area contributed by atoms with Crippen LogP contribution in [0.25, 0.3) is 11.3 Å². The minimum Gasteiger partial charge on any atom is -0.457 e. The number of rotatable bonds is 6. The van der Waals surface area contributed by atoms with Gasteiger partial charge in [-0.05, 0) is 49.4 Å². The predicted molar refractivity (Wildman–Crippen MR) is 112 cm³/mol. The molecule has 0 saturated heterocycles. The van der Waals surface area contributed by atoms with Crippen LogP contribution in [0.1, 0.15) is 17.3 Å². The molecule has 2 aromatic carbocycles. The highest BCUT2D eigenvalue weighted by molar-refractivity contribution is 7.14. The molecule has 5 nitrogen and oxygen atoms in total. The topological polar surface area (TPSA) is 64.1 Å². The number of aromatic nitrogens is 2. The lowest BCUT2D eigenvalue weighted by Crippen LogP contribution is -1.99. The Morgan fingerprint density at radius 3 is 2.68 bits per heavy atom. The molecular formula is C22H17N3O2S. The number of para-hydroxylation sites is 1. The molecule has 138 valence electrons. The summed E-state index contributed by atoms with van der Waals surface area (Å²) in [6.07, 6.45) is 3.51. The van der Waals surface area contributed by atoms with Crippen LogP contribution in [0.3, 0.4) is 0 Å². The number of benzene rings is 2. The van der Waals surface area contributed by atoms with Gasteiger partial charge in [-0.15, -0.1) is 11.3 Å². The van der Waals surface area contributed by atoms with E-state index in [1.165, 1.54) is 18.3 Å². The highest BCUT2D eigenvalue weighted by Crippen LogP contribution is 2.31. The van der Waals surface area contributed by atoms with E-state index in [2.05, 4.69) is 15.3 Å². The first-order chi connectivity index (χ1) is 13.7. The number of nitrogens with one attached hydrogen (secondary N) is 1. The molecule has 0 aliphatic carbocycles. The predicted octanol–water partition coefficient (Wildman–Crippen LogP) is 5.94. The zero-order valence-electron chi connectivity index (χ0n) is 15.1. The smallest absolute Gasteiger partial charge is 0.187 e. The summed E-state index contributed by atoms with van der Waals surface area (Å²) in [6, 6.07) is 18.7. The number of ether oxygens (including phenoxy) is 1. The van der Waals surface area contributed by atoms with Gasteiger partial charge >= 0.3 is 0 Å². The molecule has 2 aromatic heterocycles. The van der Waals surface area contributed by atoms with Gasteiger partial charge in [0, 0.05) is 29.0 Å². The highest BCUT2D eigenvalue weighted by Gasteiger charge is 2.12. The van der Waals surface area contributed by atoms with Crippen molar-refractivity contribution in [3.8, 4) is 22.8 Å². The van der Waals surface area contributed by atoms with Gasteiger partial charge in [0.2, 0.25) is 0 Å². The number of anilines is 2. The van der Waals surface area contributed by atoms with Crippen molar-refractivity contribution < 1.29 is 9.53 Å². The van der Waals surface area contributed by atoms with E-state index in [0.29, 0.717) is 17.1 Å².